The van der Waals surface area contributed by atoms with Crippen LogP contribution in [0.25, 0.3) is 0 Å². The molecule has 1 N–H and O–H groups in total. The maximum Gasteiger partial charge on any atom is 0.326 e. The fourth-order valence-electron chi connectivity index (χ4n) is 4.59. The van der Waals surface area contributed by atoms with Gasteiger partial charge < -0.3 is 14.8 Å². The van der Waals surface area contributed by atoms with E-state index in [9.17, 15) is 27.6 Å². The van der Waals surface area contributed by atoms with E-state index in [2.05, 4.69) is 5.32 Å². The second kappa shape index (κ2) is 10.6. The molecule has 0 aromatic heterocycles. The average molecular weight is 528 g/mol. The van der Waals surface area contributed by atoms with Crippen LogP contribution >= 0.6 is 11.6 Å². The van der Waals surface area contributed by atoms with Crippen LogP contribution in [0.3, 0.4) is 0 Å². The second-order valence-corrected chi connectivity index (χ2v) is 11.0. The van der Waals surface area contributed by atoms with Crippen molar-refractivity contribution >= 4 is 51.0 Å². The number of nitrogens with zero attached hydrogens (tertiary/aromatic N) is 2. The first kappa shape index (κ1) is 25.5. The highest BCUT2D eigenvalue weighted by molar-refractivity contribution is 7.89. The fraction of sp³-hybridized carbons (Fsp3) is 0.545. The van der Waals surface area contributed by atoms with Gasteiger partial charge in [-0.2, -0.15) is 4.31 Å². The Bertz CT molecular complexity index is 1110. The first-order valence-electron chi connectivity index (χ1n) is 11.4. The molecule has 35 heavy (non-hydrogen) atoms. The zero-order chi connectivity index (χ0) is 25.2. The Labute approximate surface area is 207 Å². The van der Waals surface area contributed by atoms with Crippen molar-refractivity contribution in [1.29, 1.82) is 0 Å². The maximum atomic E-state index is 12.8. The molecule has 1 aromatic rings. The van der Waals surface area contributed by atoms with Crippen molar-refractivity contribution in [1.82, 2.24) is 9.21 Å². The van der Waals surface area contributed by atoms with E-state index in [0.29, 0.717) is 12.8 Å². The SMILES string of the molecule is O=C(COC(=O)CN1C(=O)[C@H]2CCCC[C@H]2C1=O)Nc1cc(S(=O)(=O)N2CCOCC2)ccc1Cl. The third-order valence-electron chi connectivity index (χ3n) is 6.40. The van der Waals surface area contributed by atoms with Crippen LogP contribution in [-0.2, 0) is 38.7 Å². The van der Waals surface area contributed by atoms with Gasteiger partial charge in [0.05, 0.1) is 40.7 Å². The summed E-state index contributed by atoms with van der Waals surface area (Å²) in [5, 5.41) is 2.53. The summed E-state index contributed by atoms with van der Waals surface area (Å²) in [7, 11) is -3.81. The zero-order valence-electron chi connectivity index (χ0n) is 18.9. The smallest absolute Gasteiger partial charge is 0.326 e. The van der Waals surface area contributed by atoms with Crippen molar-refractivity contribution < 1.29 is 37.1 Å². The van der Waals surface area contributed by atoms with Gasteiger partial charge in [0, 0.05) is 13.1 Å². The molecule has 2 atom stereocenters. The Kier molecular flexibility index (Phi) is 7.74. The number of fused-ring (bicyclic) bond motifs is 1. The molecule has 3 aliphatic rings. The predicted molar refractivity (Wildman–Crippen MR) is 123 cm³/mol. The normalized spacial score (nSPS) is 23.2. The topological polar surface area (TPSA) is 139 Å². The Morgan fingerprint density at radius 1 is 1.09 bits per heavy atom. The molecule has 4 rings (SSSR count). The van der Waals surface area contributed by atoms with Crippen molar-refractivity contribution in [3.63, 3.8) is 0 Å². The number of ether oxygens (including phenoxy) is 2. The van der Waals surface area contributed by atoms with Gasteiger partial charge >= 0.3 is 5.97 Å². The standard InChI is InChI=1S/C22H26ClN3O8S/c23-17-6-5-14(35(31,32)25-7-9-33-10-8-25)11-18(17)24-19(27)13-34-20(28)12-26-21(29)15-3-1-2-4-16(15)22(26)30/h5-6,11,15-16H,1-4,7-10,12-13H2,(H,24,27)/t15-,16+. The Morgan fingerprint density at radius 3 is 2.34 bits per heavy atom. The Morgan fingerprint density at radius 2 is 1.71 bits per heavy atom. The molecule has 1 aliphatic carbocycles. The van der Waals surface area contributed by atoms with Crippen LogP contribution in [0.4, 0.5) is 5.69 Å². The van der Waals surface area contributed by atoms with Crippen LogP contribution in [0.5, 0.6) is 0 Å². The monoisotopic (exact) mass is 527 g/mol. The van der Waals surface area contributed by atoms with E-state index in [1.54, 1.807) is 0 Å². The minimum atomic E-state index is -3.81. The summed E-state index contributed by atoms with van der Waals surface area (Å²) in [5.41, 5.74) is 0.0380. The number of sulfonamides is 1. The van der Waals surface area contributed by atoms with E-state index in [4.69, 9.17) is 21.1 Å². The summed E-state index contributed by atoms with van der Waals surface area (Å²) >= 11 is 6.11. The van der Waals surface area contributed by atoms with E-state index in [1.165, 1.54) is 22.5 Å². The zero-order valence-corrected chi connectivity index (χ0v) is 20.5. The van der Waals surface area contributed by atoms with Crippen LogP contribution in [0.15, 0.2) is 23.1 Å². The molecule has 0 radical (unpaired) electrons. The predicted octanol–water partition coefficient (Wildman–Crippen LogP) is 1.02. The maximum absolute atomic E-state index is 12.8. The number of hydrogen-bond donors (Lipinski definition) is 1. The van der Waals surface area contributed by atoms with E-state index >= 15 is 0 Å². The third-order valence-corrected chi connectivity index (χ3v) is 8.63. The number of morpholine rings is 1. The quantitative estimate of drug-likeness (QED) is 0.409. The van der Waals surface area contributed by atoms with Crippen LogP contribution in [0, 0.1) is 11.8 Å². The Hall–Kier alpha value is -2.54. The molecule has 0 bridgehead atoms. The number of nitrogens with one attached hydrogen (secondary N) is 1. The van der Waals surface area contributed by atoms with Crippen molar-refractivity contribution in [2.45, 2.75) is 30.6 Å². The first-order chi connectivity index (χ1) is 16.7. The van der Waals surface area contributed by atoms with Gasteiger partial charge in [0.25, 0.3) is 5.91 Å². The van der Waals surface area contributed by atoms with Gasteiger partial charge in [0.1, 0.15) is 6.54 Å². The van der Waals surface area contributed by atoms with Gasteiger partial charge in [-0.25, -0.2) is 8.42 Å². The van der Waals surface area contributed by atoms with Crippen molar-refractivity contribution in [2.75, 3.05) is 44.8 Å². The molecule has 3 fully saturated rings. The molecule has 2 heterocycles. The molecule has 2 aliphatic heterocycles. The molecule has 1 aromatic carbocycles. The van der Waals surface area contributed by atoms with Gasteiger partial charge in [0.2, 0.25) is 21.8 Å². The third kappa shape index (κ3) is 5.50. The van der Waals surface area contributed by atoms with Gasteiger partial charge in [-0.05, 0) is 31.0 Å². The highest BCUT2D eigenvalue weighted by Crippen LogP contribution is 2.37. The fourth-order valence-corrected chi connectivity index (χ4v) is 6.19. The van der Waals surface area contributed by atoms with Gasteiger partial charge in [-0.15, -0.1) is 0 Å². The van der Waals surface area contributed by atoms with Crippen LogP contribution in [-0.4, -0.2) is 80.8 Å². The van der Waals surface area contributed by atoms with E-state index in [0.717, 1.165) is 17.7 Å². The molecule has 190 valence electrons. The van der Waals surface area contributed by atoms with Crippen molar-refractivity contribution in [3.8, 4) is 0 Å². The number of anilines is 1. The lowest BCUT2D eigenvalue weighted by molar-refractivity contribution is -0.154. The minimum Gasteiger partial charge on any atom is -0.454 e. The summed E-state index contributed by atoms with van der Waals surface area (Å²) in [4.78, 5) is 50.4. The summed E-state index contributed by atoms with van der Waals surface area (Å²) in [6, 6.07) is 3.92. The number of carbonyl (C=O) groups excluding carboxylic acids is 4. The molecular weight excluding hydrogens is 502 g/mol. The molecule has 0 unspecified atom stereocenters. The van der Waals surface area contributed by atoms with Gasteiger partial charge in [-0.1, -0.05) is 24.4 Å². The largest absolute Gasteiger partial charge is 0.454 e. The summed E-state index contributed by atoms with van der Waals surface area (Å²) in [5.74, 6) is -3.15. The number of likely N-dealkylation sites (tertiary alicyclic amines) is 1. The Balaban J connectivity index is 1.33. The van der Waals surface area contributed by atoms with Crippen LogP contribution < -0.4 is 5.32 Å². The lowest BCUT2D eigenvalue weighted by atomic mass is 9.81. The molecule has 0 spiro atoms. The van der Waals surface area contributed by atoms with Crippen molar-refractivity contribution in [3.05, 3.63) is 23.2 Å². The molecule has 1 saturated carbocycles. The minimum absolute atomic E-state index is 0.0380. The number of amides is 3. The highest BCUT2D eigenvalue weighted by atomic mass is 35.5. The van der Waals surface area contributed by atoms with Gasteiger partial charge in [-0.3, -0.25) is 24.1 Å². The molecule has 3 amide bonds. The summed E-state index contributed by atoms with van der Waals surface area (Å²) in [6.45, 7) is -0.238. The number of benzene rings is 1. The number of hydrogen-bond acceptors (Lipinski definition) is 8. The number of imide groups is 1. The first-order valence-corrected chi connectivity index (χ1v) is 13.2. The van der Waals surface area contributed by atoms with E-state index in [-0.39, 0.29) is 65.6 Å². The number of rotatable bonds is 7. The van der Waals surface area contributed by atoms with Crippen molar-refractivity contribution in [2.24, 2.45) is 11.8 Å². The number of esters is 1. The lowest BCUT2D eigenvalue weighted by Gasteiger charge is -2.26. The molecule has 11 nitrogen and oxygen atoms in total. The van der Waals surface area contributed by atoms with E-state index in [1.807, 2.05) is 0 Å². The van der Waals surface area contributed by atoms with Crippen LogP contribution in [0.2, 0.25) is 5.02 Å². The van der Waals surface area contributed by atoms with E-state index < -0.39 is 35.1 Å². The lowest BCUT2D eigenvalue weighted by Crippen LogP contribution is -2.40. The molecule has 2 saturated heterocycles. The highest BCUT2D eigenvalue weighted by Gasteiger charge is 2.48. The average Bonchev–Trinajstić information content (AvgIpc) is 3.09. The number of carbonyl (C=O) groups is 4. The van der Waals surface area contributed by atoms with Gasteiger partial charge in [0.15, 0.2) is 6.61 Å². The number of halogens is 1. The second-order valence-electron chi connectivity index (χ2n) is 8.63. The molecular formula is C22H26ClN3O8S. The van der Waals surface area contributed by atoms with Crippen LogP contribution in [0.1, 0.15) is 25.7 Å². The summed E-state index contributed by atoms with van der Waals surface area (Å²) < 4.78 is 37.1. The summed E-state index contributed by atoms with van der Waals surface area (Å²) in [6.07, 6.45) is 3.00. The molecule has 13 heteroatoms.